The summed E-state index contributed by atoms with van der Waals surface area (Å²) in [7, 11) is 0. The number of carbonyl (C=O) groups is 3. The van der Waals surface area contributed by atoms with Crippen molar-refractivity contribution >= 4 is 29.3 Å². The number of piperidine rings is 2. The van der Waals surface area contributed by atoms with Crippen LogP contribution in [-0.2, 0) is 16.1 Å². The Morgan fingerprint density at radius 3 is 2.54 bits per heavy atom. The van der Waals surface area contributed by atoms with Crippen molar-refractivity contribution in [2.24, 2.45) is 5.92 Å². The monoisotopic (exact) mass is 521 g/mol. The Kier molecular flexibility index (Phi) is 5.30. The molecule has 37 heavy (non-hydrogen) atoms. The molecule has 3 amide bonds. The van der Waals surface area contributed by atoms with E-state index < -0.39 is 5.54 Å². The maximum Gasteiger partial charge on any atom is 0.255 e. The molecule has 0 spiro atoms. The van der Waals surface area contributed by atoms with E-state index in [1.165, 1.54) is 6.42 Å². The van der Waals surface area contributed by atoms with Gasteiger partial charge in [0.1, 0.15) is 23.2 Å². The van der Waals surface area contributed by atoms with Crippen LogP contribution in [0.4, 0.5) is 0 Å². The van der Waals surface area contributed by atoms with E-state index in [4.69, 9.17) is 16.3 Å². The summed E-state index contributed by atoms with van der Waals surface area (Å²) in [6.45, 7) is 2.18. The highest BCUT2D eigenvalue weighted by Gasteiger charge is 2.63. The minimum absolute atomic E-state index is 0.0770. The highest BCUT2D eigenvalue weighted by Crippen LogP contribution is 2.49. The standard InChI is InChI=1S/C27H28ClN5O4/c28-18-10-29-23(30-11-18)17-12-32(13-17)21-3-1-2-4-22(21)37-19-5-6-20-15(7-19)14-33(25(20)35)27-8-16(9-27)24(34)31-26(27)36/h5-7,10-11,16-17,21-22H,1-4,8-9,12-14H2,(H,31,34,36)/t16?,21-,22+,27?/m1/s1. The average Bonchev–Trinajstić information content (AvgIpc) is 3.15. The van der Waals surface area contributed by atoms with Crippen molar-refractivity contribution in [2.75, 3.05) is 13.1 Å². The van der Waals surface area contributed by atoms with E-state index in [9.17, 15) is 14.4 Å². The van der Waals surface area contributed by atoms with Crippen LogP contribution in [0.2, 0.25) is 5.02 Å². The highest BCUT2D eigenvalue weighted by molar-refractivity contribution is 6.30. The van der Waals surface area contributed by atoms with Crippen LogP contribution in [0.15, 0.2) is 30.6 Å². The molecule has 1 aromatic carbocycles. The number of halogens is 1. The Balaban J connectivity index is 1.03. The summed E-state index contributed by atoms with van der Waals surface area (Å²) in [4.78, 5) is 50.6. The van der Waals surface area contributed by atoms with Crippen LogP contribution < -0.4 is 10.1 Å². The molecule has 0 radical (unpaired) electrons. The van der Waals surface area contributed by atoms with Crippen LogP contribution >= 0.6 is 11.6 Å². The second-order valence-corrected chi connectivity index (χ2v) is 11.5. The van der Waals surface area contributed by atoms with Gasteiger partial charge in [-0.15, -0.1) is 0 Å². The molecule has 6 aliphatic rings. The Labute approximate surface area is 219 Å². The maximum absolute atomic E-state index is 13.2. The summed E-state index contributed by atoms with van der Waals surface area (Å²) >= 11 is 5.93. The fourth-order valence-electron chi connectivity index (χ4n) is 6.80. The number of nitrogens with one attached hydrogen (secondary N) is 1. The first-order valence-electron chi connectivity index (χ1n) is 13.1. The predicted molar refractivity (Wildman–Crippen MR) is 133 cm³/mol. The summed E-state index contributed by atoms with van der Waals surface area (Å²) in [5.41, 5.74) is 0.594. The van der Waals surface area contributed by atoms with Crippen LogP contribution in [0.25, 0.3) is 0 Å². The smallest absolute Gasteiger partial charge is 0.255 e. The minimum atomic E-state index is -0.897. The summed E-state index contributed by atoms with van der Waals surface area (Å²) in [6.07, 6.45) is 8.62. The average molecular weight is 522 g/mol. The number of aromatic nitrogens is 2. The molecule has 5 fully saturated rings. The third kappa shape index (κ3) is 3.66. The molecule has 2 aliphatic carbocycles. The lowest BCUT2D eigenvalue weighted by Gasteiger charge is -2.53. The largest absolute Gasteiger partial charge is 0.489 e. The summed E-state index contributed by atoms with van der Waals surface area (Å²) in [5, 5.41) is 2.99. The normalized spacial score (nSPS) is 31.4. The Bertz CT molecular complexity index is 1290. The molecule has 0 unspecified atom stereocenters. The molecular weight excluding hydrogens is 494 g/mol. The van der Waals surface area contributed by atoms with Crippen molar-refractivity contribution in [3.63, 3.8) is 0 Å². The van der Waals surface area contributed by atoms with E-state index >= 15 is 0 Å². The first kappa shape index (κ1) is 23.1. The molecular formula is C27H28ClN5O4. The summed E-state index contributed by atoms with van der Waals surface area (Å²) in [5.74, 6) is 1.03. The van der Waals surface area contributed by atoms with E-state index in [-0.39, 0.29) is 29.7 Å². The van der Waals surface area contributed by atoms with Crippen molar-refractivity contribution in [3.8, 4) is 5.75 Å². The molecule has 2 aromatic rings. The summed E-state index contributed by atoms with van der Waals surface area (Å²) < 4.78 is 6.55. The fraction of sp³-hybridized carbons (Fsp3) is 0.519. The van der Waals surface area contributed by atoms with Gasteiger partial charge in [-0.05, 0) is 55.9 Å². The van der Waals surface area contributed by atoms with Crippen LogP contribution in [0, 0.1) is 5.92 Å². The molecule has 5 heterocycles. The van der Waals surface area contributed by atoms with Crippen molar-refractivity contribution in [3.05, 3.63) is 52.6 Å². The number of amides is 3. The first-order chi connectivity index (χ1) is 17.9. The molecule has 2 atom stereocenters. The molecule has 192 valence electrons. The lowest BCUT2D eigenvalue weighted by Crippen LogP contribution is -2.73. The van der Waals surface area contributed by atoms with Gasteiger partial charge in [0.2, 0.25) is 5.91 Å². The number of hydrogen-bond acceptors (Lipinski definition) is 7. The summed E-state index contributed by atoms with van der Waals surface area (Å²) in [6, 6.07) is 5.98. The van der Waals surface area contributed by atoms with Crippen molar-refractivity contribution in [2.45, 2.75) is 68.7 Å². The maximum atomic E-state index is 13.2. The number of fused-ring (bicyclic) bond motifs is 3. The van der Waals surface area contributed by atoms with Crippen molar-refractivity contribution < 1.29 is 19.1 Å². The fourth-order valence-corrected chi connectivity index (χ4v) is 6.90. The minimum Gasteiger partial charge on any atom is -0.489 e. The van der Waals surface area contributed by atoms with Gasteiger partial charge in [0, 0.05) is 55.5 Å². The van der Waals surface area contributed by atoms with E-state index in [1.807, 2.05) is 18.2 Å². The zero-order chi connectivity index (χ0) is 25.3. The quantitative estimate of drug-likeness (QED) is 0.603. The van der Waals surface area contributed by atoms with Gasteiger partial charge in [-0.2, -0.15) is 0 Å². The zero-order valence-corrected chi connectivity index (χ0v) is 21.1. The van der Waals surface area contributed by atoms with E-state index in [0.29, 0.717) is 41.9 Å². The van der Waals surface area contributed by atoms with Gasteiger partial charge < -0.3 is 9.64 Å². The molecule has 9 nitrogen and oxygen atoms in total. The third-order valence-corrected chi connectivity index (χ3v) is 9.13. The van der Waals surface area contributed by atoms with E-state index in [1.54, 1.807) is 17.3 Å². The second kappa shape index (κ2) is 8.49. The molecule has 2 bridgehead atoms. The molecule has 1 aromatic heterocycles. The number of carbonyl (C=O) groups excluding carboxylic acids is 3. The number of imide groups is 1. The van der Waals surface area contributed by atoms with Crippen molar-refractivity contribution in [1.29, 1.82) is 0 Å². The molecule has 2 saturated carbocycles. The lowest BCUT2D eigenvalue weighted by atomic mass is 9.63. The Hall–Kier alpha value is -3.04. The number of benzene rings is 1. The Morgan fingerprint density at radius 2 is 1.78 bits per heavy atom. The number of likely N-dealkylation sites (tertiary alicyclic amines) is 1. The molecule has 1 N–H and O–H groups in total. The number of ether oxygens (including phenoxy) is 1. The van der Waals surface area contributed by atoms with Gasteiger partial charge >= 0.3 is 0 Å². The van der Waals surface area contributed by atoms with E-state index in [2.05, 4.69) is 20.2 Å². The highest BCUT2D eigenvalue weighted by atomic mass is 35.5. The van der Waals surface area contributed by atoms with Gasteiger partial charge in [0.25, 0.3) is 11.8 Å². The molecule has 8 rings (SSSR count). The van der Waals surface area contributed by atoms with Gasteiger partial charge in [0.05, 0.1) is 5.02 Å². The van der Waals surface area contributed by atoms with Crippen LogP contribution in [0.5, 0.6) is 5.75 Å². The number of nitrogens with zero attached hydrogens (tertiary/aromatic N) is 4. The molecule has 4 aliphatic heterocycles. The van der Waals surface area contributed by atoms with Crippen LogP contribution in [0.3, 0.4) is 0 Å². The van der Waals surface area contributed by atoms with E-state index in [0.717, 1.165) is 49.5 Å². The van der Waals surface area contributed by atoms with Gasteiger partial charge in [-0.25, -0.2) is 9.97 Å². The van der Waals surface area contributed by atoms with Crippen LogP contribution in [-0.4, -0.2) is 68.3 Å². The Morgan fingerprint density at radius 1 is 1.03 bits per heavy atom. The SMILES string of the molecule is O=C1NC(=O)C2(N3Cc4cc(O[C@H]5CCCC[C@H]5N5CC(c6ncc(Cl)cn6)C5)ccc4C3=O)CC1C2. The van der Waals surface area contributed by atoms with Crippen molar-refractivity contribution in [1.82, 2.24) is 25.1 Å². The molecule has 3 saturated heterocycles. The lowest BCUT2D eigenvalue weighted by molar-refractivity contribution is -0.160. The van der Waals surface area contributed by atoms with Gasteiger partial charge in [-0.3, -0.25) is 24.6 Å². The topological polar surface area (TPSA) is 105 Å². The third-order valence-electron chi connectivity index (χ3n) is 8.94. The van der Waals surface area contributed by atoms with Gasteiger partial charge in [0.15, 0.2) is 0 Å². The first-order valence-corrected chi connectivity index (χ1v) is 13.5. The number of hydrogen-bond donors (Lipinski definition) is 1. The number of rotatable bonds is 5. The second-order valence-electron chi connectivity index (χ2n) is 11.1. The van der Waals surface area contributed by atoms with Crippen LogP contribution in [0.1, 0.15) is 66.2 Å². The van der Waals surface area contributed by atoms with Gasteiger partial charge in [-0.1, -0.05) is 18.0 Å². The predicted octanol–water partition coefficient (Wildman–Crippen LogP) is 2.68. The zero-order valence-electron chi connectivity index (χ0n) is 20.4. The molecule has 10 heteroatoms.